The van der Waals surface area contributed by atoms with Crippen LogP contribution in [-0.2, 0) is 11.2 Å². The fraction of sp³-hybridized carbons (Fsp3) is 0.263. The lowest BCUT2D eigenvalue weighted by molar-refractivity contribution is -0.121. The molecule has 2 aromatic carbocycles. The van der Waals surface area contributed by atoms with Crippen molar-refractivity contribution in [3.8, 4) is 0 Å². The zero-order valence-corrected chi connectivity index (χ0v) is 13.3. The molecule has 0 aliphatic carbocycles. The van der Waals surface area contributed by atoms with Gasteiger partial charge >= 0.3 is 0 Å². The zero-order chi connectivity index (χ0) is 16.5. The van der Waals surface area contributed by atoms with E-state index in [2.05, 4.69) is 10.6 Å². The third-order valence-electron chi connectivity index (χ3n) is 3.61. The van der Waals surface area contributed by atoms with E-state index in [9.17, 15) is 9.59 Å². The summed E-state index contributed by atoms with van der Waals surface area (Å²) in [6, 6.07) is 17.4. The Morgan fingerprint density at radius 1 is 0.870 bits per heavy atom. The van der Waals surface area contributed by atoms with Crippen molar-refractivity contribution in [3.63, 3.8) is 0 Å². The molecule has 0 saturated carbocycles. The van der Waals surface area contributed by atoms with Crippen molar-refractivity contribution in [1.29, 1.82) is 0 Å². The molecule has 0 radical (unpaired) electrons. The Kier molecular flexibility index (Phi) is 6.36. The van der Waals surface area contributed by atoms with Gasteiger partial charge in [-0.3, -0.25) is 9.59 Å². The Bertz CT molecular complexity index is 653. The van der Waals surface area contributed by atoms with Crippen molar-refractivity contribution in [2.75, 3.05) is 13.1 Å². The van der Waals surface area contributed by atoms with Gasteiger partial charge in [-0.25, -0.2) is 0 Å². The number of amides is 2. The minimum atomic E-state index is -0.110. The summed E-state index contributed by atoms with van der Waals surface area (Å²) in [6.45, 7) is 2.76. The largest absolute Gasteiger partial charge is 0.354 e. The fourth-order valence-electron chi connectivity index (χ4n) is 2.29. The number of nitrogens with one attached hydrogen (secondary N) is 2. The van der Waals surface area contributed by atoms with Crippen LogP contribution in [0.2, 0.25) is 0 Å². The molecule has 0 bridgehead atoms. The summed E-state index contributed by atoms with van der Waals surface area (Å²) in [5.74, 6) is -0.111. The molecule has 0 atom stereocenters. The molecule has 0 aliphatic rings. The van der Waals surface area contributed by atoms with Crippen molar-refractivity contribution >= 4 is 11.8 Å². The summed E-state index contributed by atoms with van der Waals surface area (Å²) in [4.78, 5) is 23.8. The zero-order valence-electron chi connectivity index (χ0n) is 13.3. The number of hydrogen-bond acceptors (Lipinski definition) is 2. The van der Waals surface area contributed by atoms with Crippen LogP contribution < -0.4 is 10.6 Å². The molecule has 0 fully saturated rings. The number of benzene rings is 2. The number of hydrogen-bond donors (Lipinski definition) is 2. The first-order valence-corrected chi connectivity index (χ1v) is 7.81. The maximum atomic E-state index is 12.0. The van der Waals surface area contributed by atoms with E-state index in [1.54, 1.807) is 6.07 Å². The minimum Gasteiger partial charge on any atom is -0.354 e. The molecule has 0 aromatic heterocycles. The van der Waals surface area contributed by atoms with Crippen LogP contribution in [0.5, 0.6) is 0 Å². The molecule has 0 unspecified atom stereocenters. The standard InChI is InChI=1S/C19H22N2O2/c1-15-7-5-6-10-17(15)19(23)21-14-13-20-18(22)12-11-16-8-3-2-4-9-16/h2-10H,11-14H2,1H3,(H,20,22)(H,21,23). The van der Waals surface area contributed by atoms with Gasteiger partial charge in [-0.1, -0.05) is 48.5 Å². The summed E-state index contributed by atoms with van der Waals surface area (Å²) in [5, 5.41) is 5.64. The summed E-state index contributed by atoms with van der Waals surface area (Å²) in [5.41, 5.74) is 2.76. The van der Waals surface area contributed by atoms with Gasteiger partial charge in [0.25, 0.3) is 5.91 Å². The second-order valence-corrected chi connectivity index (χ2v) is 5.41. The third-order valence-corrected chi connectivity index (χ3v) is 3.61. The number of rotatable bonds is 7. The molecule has 2 rings (SSSR count). The van der Waals surface area contributed by atoms with Gasteiger partial charge < -0.3 is 10.6 Å². The molecule has 0 heterocycles. The van der Waals surface area contributed by atoms with Crippen molar-refractivity contribution in [3.05, 3.63) is 71.3 Å². The second-order valence-electron chi connectivity index (χ2n) is 5.41. The first-order valence-electron chi connectivity index (χ1n) is 7.81. The normalized spacial score (nSPS) is 10.1. The van der Waals surface area contributed by atoms with Crippen LogP contribution in [0.4, 0.5) is 0 Å². The highest BCUT2D eigenvalue weighted by Crippen LogP contribution is 2.06. The molecule has 0 spiro atoms. The van der Waals surface area contributed by atoms with Crippen LogP contribution in [0.1, 0.15) is 27.9 Å². The van der Waals surface area contributed by atoms with Gasteiger partial charge in [0.15, 0.2) is 0 Å². The lowest BCUT2D eigenvalue weighted by atomic mass is 10.1. The van der Waals surface area contributed by atoms with Gasteiger partial charge in [0.2, 0.25) is 5.91 Å². The smallest absolute Gasteiger partial charge is 0.251 e. The Balaban J connectivity index is 1.64. The van der Waals surface area contributed by atoms with Gasteiger partial charge in [0, 0.05) is 25.1 Å². The van der Waals surface area contributed by atoms with E-state index < -0.39 is 0 Å². The molecular formula is C19H22N2O2. The van der Waals surface area contributed by atoms with Crippen LogP contribution >= 0.6 is 0 Å². The average Bonchev–Trinajstić information content (AvgIpc) is 2.58. The molecule has 0 saturated heterocycles. The first-order chi connectivity index (χ1) is 11.2. The van der Waals surface area contributed by atoms with E-state index in [1.165, 1.54) is 0 Å². The lowest BCUT2D eigenvalue weighted by Gasteiger charge is -2.08. The summed E-state index contributed by atoms with van der Waals surface area (Å²) >= 11 is 0. The molecule has 0 aliphatic heterocycles. The molecule has 120 valence electrons. The molecule has 2 N–H and O–H groups in total. The highest BCUT2D eigenvalue weighted by Gasteiger charge is 2.07. The Labute approximate surface area is 136 Å². The number of carbonyl (C=O) groups is 2. The average molecular weight is 310 g/mol. The van der Waals surface area contributed by atoms with E-state index in [0.717, 1.165) is 17.5 Å². The topological polar surface area (TPSA) is 58.2 Å². The van der Waals surface area contributed by atoms with Gasteiger partial charge in [-0.15, -0.1) is 0 Å². The van der Waals surface area contributed by atoms with Gasteiger partial charge in [-0.05, 0) is 30.5 Å². The number of carbonyl (C=O) groups excluding carboxylic acids is 2. The summed E-state index contributed by atoms with van der Waals surface area (Å²) < 4.78 is 0. The molecule has 4 heteroatoms. The second kappa shape index (κ2) is 8.73. The van der Waals surface area contributed by atoms with E-state index in [-0.39, 0.29) is 11.8 Å². The number of aryl methyl sites for hydroxylation is 2. The Morgan fingerprint density at radius 3 is 2.26 bits per heavy atom. The molecule has 4 nitrogen and oxygen atoms in total. The quantitative estimate of drug-likeness (QED) is 0.772. The van der Waals surface area contributed by atoms with Gasteiger partial charge in [0.05, 0.1) is 0 Å². The molecular weight excluding hydrogens is 288 g/mol. The maximum absolute atomic E-state index is 12.0. The van der Waals surface area contributed by atoms with E-state index in [0.29, 0.717) is 25.1 Å². The minimum absolute atomic E-state index is 0.000932. The van der Waals surface area contributed by atoms with Crippen molar-refractivity contribution in [1.82, 2.24) is 10.6 Å². The van der Waals surface area contributed by atoms with Crippen LogP contribution in [0.15, 0.2) is 54.6 Å². The van der Waals surface area contributed by atoms with E-state index in [1.807, 2.05) is 55.5 Å². The molecule has 23 heavy (non-hydrogen) atoms. The van der Waals surface area contributed by atoms with Crippen LogP contribution in [0.3, 0.4) is 0 Å². The SMILES string of the molecule is Cc1ccccc1C(=O)NCCNC(=O)CCc1ccccc1. The van der Waals surface area contributed by atoms with Gasteiger partial charge in [-0.2, -0.15) is 0 Å². The predicted octanol–water partition coefficient (Wildman–Crippen LogP) is 2.47. The summed E-state index contributed by atoms with van der Waals surface area (Å²) in [6.07, 6.45) is 1.18. The van der Waals surface area contributed by atoms with Crippen molar-refractivity contribution < 1.29 is 9.59 Å². The van der Waals surface area contributed by atoms with Crippen LogP contribution in [0.25, 0.3) is 0 Å². The lowest BCUT2D eigenvalue weighted by Crippen LogP contribution is -2.35. The van der Waals surface area contributed by atoms with Crippen molar-refractivity contribution in [2.45, 2.75) is 19.8 Å². The first kappa shape index (κ1) is 16.7. The molecule has 2 amide bonds. The fourth-order valence-corrected chi connectivity index (χ4v) is 2.29. The van der Waals surface area contributed by atoms with Crippen LogP contribution in [-0.4, -0.2) is 24.9 Å². The van der Waals surface area contributed by atoms with E-state index in [4.69, 9.17) is 0 Å². The Morgan fingerprint density at radius 2 is 1.52 bits per heavy atom. The summed E-state index contributed by atoms with van der Waals surface area (Å²) in [7, 11) is 0. The third kappa shape index (κ3) is 5.58. The Hall–Kier alpha value is -2.62. The predicted molar refractivity (Wildman–Crippen MR) is 91.3 cm³/mol. The van der Waals surface area contributed by atoms with Gasteiger partial charge in [0.1, 0.15) is 0 Å². The molecule has 2 aromatic rings. The highest BCUT2D eigenvalue weighted by molar-refractivity contribution is 5.95. The van der Waals surface area contributed by atoms with Crippen molar-refractivity contribution in [2.24, 2.45) is 0 Å². The van der Waals surface area contributed by atoms with Crippen LogP contribution in [0, 0.1) is 6.92 Å². The maximum Gasteiger partial charge on any atom is 0.251 e. The highest BCUT2D eigenvalue weighted by atomic mass is 16.2. The van der Waals surface area contributed by atoms with E-state index >= 15 is 0 Å². The monoisotopic (exact) mass is 310 g/mol.